The van der Waals surface area contributed by atoms with E-state index in [4.69, 9.17) is 0 Å². The maximum absolute atomic E-state index is 4.32. The van der Waals surface area contributed by atoms with E-state index in [-0.39, 0.29) is 0 Å². The summed E-state index contributed by atoms with van der Waals surface area (Å²) in [5, 5.41) is 7.70. The fraction of sp³-hybridized carbons (Fsp3) is 0.455. The lowest BCUT2D eigenvalue weighted by Gasteiger charge is -2.03. The number of nitrogens with zero attached hydrogens (tertiary/aromatic N) is 4. The second-order valence-electron chi connectivity index (χ2n) is 3.90. The number of aryl methyl sites for hydroxylation is 2. The number of nitrogens with one attached hydrogen (secondary N) is 1. The summed E-state index contributed by atoms with van der Waals surface area (Å²) in [7, 11) is 3.94. The lowest BCUT2D eigenvalue weighted by Crippen LogP contribution is -2.18. The van der Waals surface area contributed by atoms with Gasteiger partial charge in [-0.05, 0) is 6.07 Å². The van der Waals surface area contributed by atoms with Crippen molar-refractivity contribution in [2.24, 2.45) is 14.1 Å². The van der Waals surface area contributed by atoms with Crippen LogP contribution in [0.25, 0.3) is 0 Å². The third kappa shape index (κ3) is 2.70. The topological polar surface area (TPSA) is 47.7 Å². The van der Waals surface area contributed by atoms with Crippen molar-refractivity contribution in [1.29, 1.82) is 0 Å². The van der Waals surface area contributed by atoms with Crippen LogP contribution in [0.3, 0.4) is 0 Å². The number of imidazole rings is 1. The molecule has 0 fully saturated rings. The van der Waals surface area contributed by atoms with E-state index in [0.29, 0.717) is 0 Å². The number of aromatic nitrogens is 4. The summed E-state index contributed by atoms with van der Waals surface area (Å²) in [6.07, 6.45) is 6.62. The highest BCUT2D eigenvalue weighted by atomic mass is 15.2. The Morgan fingerprint density at radius 3 is 2.88 bits per heavy atom. The minimum atomic E-state index is 0.851. The first kappa shape index (κ1) is 10.9. The van der Waals surface area contributed by atoms with Crippen LogP contribution in [-0.4, -0.2) is 25.9 Å². The predicted molar refractivity (Wildman–Crippen MR) is 61.8 cm³/mol. The van der Waals surface area contributed by atoms with E-state index in [1.165, 1.54) is 5.69 Å². The number of hydrogen-bond donors (Lipinski definition) is 1. The highest BCUT2D eigenvalue weighted by molar-refractivity contribution is 5.00. The lowest BCUT2D eigenvalue weighted by molar-refractivity contribution is 0.640. The highest BCUT2D eigenvalue weighted by Crippen LogP contribution is 1.97. The fourth-order valence-electron chi connectivity index (χ4n) is 1.58. The molecule has 0 saturated heterocycles. The van der Waals surface area contributed by atoms with Crippen LogP contribution < -0.4 is 5.32 Å². The molecule has 5 heteroatoms. The van der Waals surface area contributed by atoms with Crippen molar-refractivity contribution < 1.29 is 0 Å². The first-order chi connectivity index (χ1) is 7.75. The van der Waals surface area contributed by atoms with Gasteiger partial charge in [-0.3, -0.25) is 4.68 Å². The van der Waals surface area contributed by atoms with Gasteiger partial charge in [-0.25, -0.2) is 4.98 Å². The van der Waals surface area contributed by atoms with Crippen LogP contribution in [0.5, 0.6) is 0 Å². The summed E-state index contributed by atoms with van der Waals surface area (Å²) >= 11 is 0. The predicted octanol–water partition coefficient (Wildman–Crippen LogP) is 0.486. The van der Waals surface area contributed by atoms with Gasteiger partial charge < -0.3 is 9.88 Å². The molecule has 0 radical (unpaired) electrons. The normalized spacial score (nSPS) is 10.9. The van der Waals surface area contributed by atoms with Crippen molar-refractivity contribution in [3.8, 4) is 0 Å². The van der Waals surface area contributed by atoms with Crippen LogP contribution >= 0.6 is 0 Å². The van der Waals surface area contributed by atoms with Crippen molar-refractivity contribution in [2.75, 3.05) is 6.54 Å². The van der Waals surface area contributed by atoms with E-state index < -0.39 is 0 Å². The smallest absolute Gasteiger partial charge is 0.0945 e. The molecule has 0 aromatic carbocycles. The van der Waals surface area contributed by atoms with Gasteiger partial charge in [-0.2, -0.15) is 5.10 Å². The molecule has 0 bridgehead atoms. The maximum atomic E-state index is 4.32. The van der Waals surface area contributed by atoms with Gasteiger partial charge >= 0.3 is 0 Å². The van der Waals surface area contributed by atoms with Gasteiger partial charge in [0.1, 0.15) is 0 Å². The number of hydrogen-bond acceptors (Lipinski definition) is 3. The third-order valence-electron chi connectivity index (χ3n) is 2.55. The molecule has 0 aliphatic heterocycles. The van der Waals surface area contributed by atoms with Gasteiger partial charge in [-0.15, -0.1) is 0 Å². The monoisotopic (exact) mass is 219 g/mol. The molecule has 5 nitrogen and oxygen atoms in total. The van der Waals surface area contributed by atoms with Crippen LogP contribution in [0.2, 0.25) is 0 Å². The second kappa shape index (κ2) is 4.94. The van der Waals surface area contributed by atoms with Gasteiger partial charge in [0.2, 0.25) is 0 Å². The molecular formula is C11H17N5. The minimum absolute atomic E-state index is 0.851. The van der Waals surface area contributed by atoms with E-state index in [2.05, 4.69) is 15.4 Å². The lowest BCUT2D eigenvalue weighted by atomic mass is 10.3. The van der Waals surface area contributed by atoms with E-state index in [0.717, 1.165) is 25.2 Å². The van der Waals surface area contributed by atoms with Gasteiger partial charge in [0.15, 0.2) is 0 Å². The average molecular weight is 219 g/mol. The summed E-state index contributed by atoms with van der Waals surface area (Å²) in [4.78, 5) is 4.07. The molecule has 2 heterocycles. The van der Waals surface area contributed by atoms with Crippen molar-refractivity contribution in [2.45, 2.75) is 13.0 Å². The van der Waals surface area contributed by atoms with Gasteiger partial charge in [0.25, 0.3) is 0 Å². The summed E-state index contributed by atoms with van der Waals surface area (Å²) in [6, 6.07) is 2.05. The van der Waals surface area contributed by atoms with E-state index in [9.17, 15) is 0 Å². The molecule has 0 aliphatic carbocycles. The van der Waals surface area contributed by atoms with Crippen LogP contribution in [0.1, 0.15) is 11.4 Å². The maximum Gasteiger partial charge on any atom is 0.0945 e. The Morgan fingerprint density at radius 1 is 1.38 bits per heavy atom. The molecule has 0 unspecified atom stereocenters. The standard InChI is InChI=1S/C11H17N5/c1-15-9-13-8-11(15)7-12-5-3-10-4-6-16(2)14-10/h4,6,8-9,12H,3,5,7H2,1-2H3. The van der Waals surface area contributed by atoms with Crippen LogP contribution in [0.4, 0.5) is 0 Å². The van der Waals surface area contributed by atoms with Crippen molar-refractivity contribution in [3.05, 3.63) is 36.2 Å². The quantitative estimate of drug-likeness (QED) is 0.744. The highest BCUT2D eigenvalue weighted by Gasteiger charge is 1.99. The van der Waals surface area contributed by atoms with Gasteiger partial charge in [-0.1, -0.05) is 0 Å². The molecule has 0 atom stereocenters. The van der Waals surface area contributed by atoms with Crippen LogP contribution in [0, 0.1) is 0 Å². The molecule has 16 heavy (non-hydrogen) atoms. The molecule has 86 valence electrons. The molecule has 2 aromatic rings. The van der Waals surface area contributed by atoms with Gasteiger partial charge in [0, 0.05) is 46.0 Å². The Labute approximate surface area is 95.1 Å². The largest absolute Gasteiger partial charge is 0.337 e. The van der Waals surface area contributed by atoms with Crippen molar-refractivity contribution in [3.63, 3.8) is 0 Å². The fourth-order valence-corrected chi connectivity index (χ4v) is 1.58. The van der Waals surface area contributed by atoms with E-state index in [1.807, 2.05) is 48.1 Å². The summed E-state index contributed by atoms with van der Waals surface area (Å²) in [5.74, 6) is 0. The molecule has 0 amide bonds. The molecule has 2 aromatic heterocycles. The third-order valence-corrected chi connectivity index (χ3v) is 2.55. The van der Waals surface area contributed by atoms with Crippen LogP contribution in [-0.2, 0) is 27.1 Å². The number of rotatable bonds is 5. The second-order valence-corrected chi connectivity index (χ2v) is 3.90. The van der Waals surface area contributed by atoms with E-state index in [1.54, 1.807) is 0 Å². The average Bonchev–Trinajstić information content (AvgIpc) is 2.83. The zero-order chi connectivity index (χ0) is 11.4. The van der Waals surface area contributed by atoms with Crippen molar-refractivity contribution >= 4 is 0 Å². The molecule has 0 aliphatic rings. The molecule has 0 saturated carbocycles. The SMILES string of the molecule is Cn1ccc(CCNCc2cncn2C)n1. The molecule has 0 spiro atoms. The summed E-state index contributed by atoms with van der Waals surface area (Å²) in [5.41, 5.74) is 2.32. The van der Waals surface area contributed by atoms with Crippen molar-refractivity contribution in [1.82, 2.24) is 24.6 Å². The van der Waals surface area contributed by atoms with Crippen LogP contribution in [0.15, 0.2) is 24.8 Å². The zero-order valence-corrected chi connectivity index (χ0v) is 9.72. The Balaban J connectivity index is 1.71. The minimum Gasteiger partial charge on any atom is -0.337 e. The molecule has 2 rings (SSSR count). The summed E-state index contributed by atoms with van der Waals surface area (Å²) in [6.45, 7) is 1.78. The first-order valence-electron chi connectivity index (χ1n) is 5.40. The first-order valence-corrected chi connectivity index (χ1v) is 5.40. The Morgan fingerprint density at radius 2 is 2.25 bits per heavy atom. The Hall–Kier alpha value is -1.62. The molecular weight excluding hydrogens is 202 g/mol. The summed E-state index contributed by atoms with van der Waals surface area (Å²) < 4.78 is 3.85. The zero-order valence-electron chi connectivity index (χ0n) is 9.72. The van der Waals surface area contributed by atoms with Gasteiger partial charge in [0.05, 0.1) is 17.7 Å². The Bertz CT molecular complexity index is 443. The molecule has 1 N–H and O–H groups in total. The Kier molecular flexibility index (Phi) is 3.36. The van der Waals surface area contributed by atoms with E-state index >= 15 is 0 Å².